The van der Waals surface area contributed by atoms with E-state index in [-0.39, 0.29) is 18.4 Å². The number of pyridine rings is 1. The molecule has 4 rings (SSSR count). The van der Waals surface area contributed by atoms with Gasteiger partial charge in [0.25, 0.3) is 0 Å². The fraction of sp³-hybridized carbons (Fsp3) is 0.316. The van der Waals surface area contributed by atoms with Crippen molar-refractivity contribution in [3.63, 3.8) is 0 Å². The van der Waals surface area contributed by atoms with Crippen LogP contribution in [0.2, 0.25) is 0 Å². The molecule has 134 valence electrons. The first kappa shape index (κ1) is 18.2. The second kappa shape index (κ2) is 7.73. The molecule has 0 spiro atoms. The summed E-state index contributed by atoms with van der Waals surface area (Å²) in [5.74, 6) is 0.924. The van der Waals surface area contributed by atoms with Crippen molar-refractivity contribution < 1.29 is 0 Å². The van der Waals surface area contributed by atoms with Crippen LogP contribution in [0.5, 0.6) is 0 Å². The molecule has 0 bridgehead atoms. The summed E-state index contributed by atoms with van der Waals surface area (Å²) < 4.78 is 2.15. The van der Waals surface area contributed by atoms with Crippen LogP contribution in [0.15, 0.2) is 42.6 Å². The zero-order valence-electron chi connectivity index (χ0n) is 14.4. The molecule has 2 N–H and O–H groups in total. The Balaban J connectivity index is 0.00000196. The van der Waals surface area contributed by atoms with Crippen molar-refractivity contribution in [1.82, 2.24) is 14.5 Å². The van der Waals surface area contributed by atoms with Gasteiger partial charge in [-0.3, -0.25) is 4.57 Å². The highest BCUT2D eigenvalue weighted by atomic mass is 35.5. The number of imidazole rings is 1. The molecule has 6 nitrogen and oxygen atoms in total. The maximum atomic E-state index is 8.97. The van der Waals surface area contributed by atoms with E-state index in [4.69, 9.17) is 16.0 Å². The maximum absolute atomic E-state index is 8.97. The van der Waals surface area contributed by atoms with Crippen molar-refractivity contribution in [3.05, 3.63) is 53.7 Å². The monoisotopic (exact) mass is 368 g/mol. The number of halogens is 1. The number of aromatic nitrogens is 3. The Morgan fingerprint density at radius 1 is 1.23 bits per heavy atom. The third-order valence-electron chi connectivity index (χ3n) is 4.65. The second-order valence-electron chi connectivity index (χ2n) is 6.50. The molecule has 0 aliphatic carbocycles. The van der Waals surface area contributed by atoms with Gasteiger partial charge in [-0.15, -0.1) is 12.4 Å². The summed E-state index contributed by atoms with van der Waals surface area (Å²) in [4.78, 5) is 11.6. The number of hydrogen-bond acceptors (Lipinski definition) is 5. The van der Waals surface area contributed by atoms with Gasteiger partial charge >= 0.3 is 0 Å². The molecule has 26 heavy (non-hydrogen) atoms. The van der Waals surface area contributed by atoms with E-state index in [1.165, 1.54) is 0 Å². The van der Waals surface area contributed by atoms with E-state index in [1.54, 1.807) is 6.20 Å². The van der Waals surface area contributed by atoms with Crippen LogP contribution < -0.4 is 10.6 Å². The number of rotatable bonds is 3. The van der Waals surface area contributed by atoms with Gasteiger partial charge in [-0.2, -0.15) is 5.26 Å². The quantitative estimate of drug-likeness (QED) is 0.768. The standard InChI is InChI=1S/C19H20N6.ClH/c20-11-14-5-7-15(8-6-14)12-25-18-17(4-1-9-22-18)23-19(25)24-10-2-3-16(21)13-24;/h1,4-9,16H,2-3,10,12-13,21H2;1H. The van der Waals surface area contributed by atoms with Crippen molar-refractivity contribution in [3.8, 4) is 6.07 Å². The molecule has 1 fully saturated rings. The molecule has 3 heterocycles. The minimum atomic E-state index is 0. The lowest BCUT2D eigenvalue weighted by Gasteiger charge is -2.31. The molecule has 0 saturated carbocycles. The fourth-order valence-corrected chi connectivity index (χ4v) is 3.39. The molecule has 1 aliphatic heterocycles. The first-order valence-electron chi connectivity index (χ1n) is 8.55. The van der Waals surface area contributed by atoms with Crippen molar-refractivity contribution in [2.45, 2.75) is 25.4 Å². The highest BCUT2D eigenvalue weighted by Crippen LogP contribution is 2.25. The zero-order chi connectivity index (χ0) is 17.2. The lowest BCUT2D eigenvalue weighted by molar-refractivity contribution is 0.495. The topological polar surface area (TPSA) is 83.8 Å². The number of benzene rings is 1. The van der Waals surface area contributed by atoms with E-state index in [2.05, 4.69) is 20.5 Å². The summed E-state index contributed by atoms with van der Waals surface area (Å²) in [6.45, 7) is 2.45. The van der Waals surface area contributed by atoms with Gasteiger partial charge in [-0.05, 0) is 42.7 Å². The average molecular weight is 369 g/mol. The number of nitrogens with zero attached hydrogens (tertiary/aromatic N) is 5. The Morgan fingerprint density at radius 3 is 2.77 bits per heavy atom. The molecular weight excluding hydrogens is 348 g/mol. The SMILES string of the molecule is Cl.N#Cc1ccc(Cn2c(N3CCCC(N)C3)nc3cccnc32)cc1. The predicted octanol–water partition coefficient (Wildman–Crippen LogP) is 2.70. The average Bonchev–Trinajstić information content (AvgIpc) is 3.01. The van der Waals surface area contributed by atoms with E-state index in [0.717, 1.165) is 48.6 Å². The van der Waals surface area contributed by atoms with Crippen LogP contribution in [0.25, 0.3) is 11.2 Å². The van der Waals surface area contributed by atoms with Crippen LogP contribution in [0, 0.1) is 11.3 Å². The van der Waals surface area contributed by atoms with E-state index in [0.29, 0.717) is 12.1 Å². The predicted molar refractivity (Wildman–Crippen MR) is 104 cm³/mol. The third kappa shape index (κ3) is 3.50. The Kier molecular flexibility index (Phi) is 5.40. The van der Waals surface area contributed by atoms with Crippen molar-refractivity contribution >= 4 is 29.5 Å². The minimum Gasteiger partial charge on any atom is -0.341 e. The first-order valence-corrected chi connectivity index (χ1v) is 8.55. The number of nitrogens with two attached hydrogens (primary N) is 1. The van der Waals surface area contributed by atoms with E-state index >= 15 is 0 Å². The molecule has 1 saturated heterocycles. The van der Waals surface area contributed by atoms with Gasteiger partial charge in [0.15, 0.2) is 5.65 Å². The Hall–Kier alpha value is -2.62. The molecule has 1 unspecified atom stereocenters. The maximum Gasteiger partial charge on any atom is 0.208 e. The molecule has 1 aromatic carbocycles. The van der Waals surface area contributed by atoms with Crippen LogP contribution >= 0.6 is 12.4 Å². The first-order chi connectivity index (χ1) is 12.2. The number of anilines is 1. The van der Waals surface area contributed by atoms with Gasteiger partial charge < -0.3 is 10.6 Å². The van der Waals surface area contributed by atoms with E-state index < -0.39 is 0 Å². The highest BCUT2D eigenvalue weighted by Gasteiger charge is 2.23. The van der Waals surface area contributed by atoms with Gasteiger partial charge in [0.05, 0.1) is 18.2 Å². The Morgan fingerprint density at radius 2 is 2.04 bits per heavy atom. The largest absolute Gasteiger partial charge is 0.341 e. The lowest BCUT2D eigenvalue weighted by atomic mass is 10.1. The molecule has 1 atom stereocenters. The number of fused-ring (bicyclic) bond motifs is 1. The number of nitriles is 1. The van der Waals surface area contributed by atoms with E-state index in [1.807, 2.05) is 36.4 Å². The molecule has 1 aliphatic rings. The Labute approximate surface area is 158 Å². The molecule has 0 amide bonds. The normalized spacial score (nSPS) is 16.9. The minimum absolute atomic E-state index is 0. The van der Waals surface area contributed by atoms with Crippen molar-refractivity contribution in [2.75, 3.05) is 18.0 Å². The molecule has 0 radical (unpaired) electrons. The van der Waals surface area contributed by atoms with Gasteiger partial charge in [-0.25, -0.2) is 9.97 Å². The summed E-state index contributed by atoms with van der Waals surface area (Å²) >= 11 is 0. The summed E-state index contributed by atoms with van der Waals surface area (Å²) in [6.07, 6.45) is 3.93. The highest BCUT2D eigenvalue weighted by molar-refractivity contribution is 5.85. The van der Waals surface area contributed by atoms with Crippen molar-refractivity contribution in [1.29, 1.82) is 5.26 Å². The number of hydrogen-bond donors (Lipinski definition) is 1. The van der Waals surface area contributed by atoms with Crippen LogP contribution in [0.3, 0.4) is 0 Å². The molecular formula is C19H21ClN6. The van der Waals surface area contributed by atoms with Gasteiger partial charge in [0.2, 0.25) is 5.95 Å². The van der Waals surface area contributed by atoms with Gasteiger partial charge in [0.1, 0.15) is 5.52 Å². The fourth-order valence-electron chi connectivity index (χ4n) is 3.39. The summed E-state index contributed by atoms with van der Waals surface area (Å²) in [6, 6.07) is 13.9. The molecule has 7 heteroatoms. The van der Waals surface area contributed by atoms with Crippen LogP contribution in [0.1, 0.15) is 24.0 Å². The second-order valence-corrected chi connectivity index (χ2v) is 6.50. The third-order valence-corrected chi connectivity index (χ3v) is 4.65. The smallest absolute Gasteiger partial charge is 0.208 e. The Bertz CT molecular complexity index is 927. The van der Waals surface area contributed by atoms with Crippen molar-refractivity contribution in [2.24, 2.45) is 5.73 Å². The number of piperidine rings is 1. The summed E-state index contributed by atoms with van der Waals surface area (Å²) in [5, 5.41) is 8.97. The van der Waals surface area contributed by atoms with Gasteiger partial charge in [-0.1, -0.05) is 12.1 Å². The zero-order valence-corrected chi connectivity index (χ0v) is 15.2. The molecule has 2 aromatic heterocycles. The summed E-state index contributed by atoms with van der Waals surface area (Å²) in [7, 11) is 0. The van der Waals surface area contributed by atoms with Crippen LogP contribution in [0.4, 0.5) is 5.95 Å². The van der Waals surface area contributed by atoms with E-state index in [9.17, 15) is 0 Å². The van der Waals surface area contributed by atoms with Gasteiger partial charge in [0, 0.05) is 25.3 Å². The molecule has 3 aromatic rings. The van der Waals surface area contributed by atoms with Crippen LogP contribution in [-0.4, -0.2) is 33.7 Å². The van der Waals surface area contributed by atoms with Crippen LogP contribution in [-0.2, 0) is 6.54 Å². The summed E-state index contributed by atoms with van der Waals surface area (Å²) in [5.41, 5.74) is 9.72. The lowest BCUT2D eigenvalue weighted by Crippen LogP contribution is -2.44.